The smallest absolute Gasteiger partial charge is 0.211 e. The molecule has 0 unspecified atom stereocenters. The van der Waals surface area contributed by atoms with Gasteiger partial charge in [-0.25, -0.2) is 9.24 Å². The Kier molecular flexibility index (Phi) is 3.65. The third-order valence-corrected chi connectivity index (χ3v) is 5.44. The highest BCUT2D eigenvalue weighted by molar-refractivity contribution is 5.68. The Bertz CT molecular complexity index is 759. The third kappa shape index (κ3) is 2.49. The van der Waals surface area contributed by atoms with Gasteiger partial charge in [-0.1, -0.05) is 13.0 Å². The summed E-state index contributed by atoms with van der Waals surface area (Å²) in [7, 11) is 0. The van der Waals surface area contributed by atoms with E-state index in [2.05, 4.69) is 10.9 Å². The number of rotatable bonds is 3. The molecule has 0 aliphatic heterocycles. The van der Waals surface area contributed by atoms with Gasteiger partial charge in [0.1, 0.15) is 17.1 Å². The number of ether oxygens (including phenoxy) is 1. The topological polar surface area (TPSA) is 37.4 Å². The fourth-order valence-electron chi connectivity index (χ4n) is 3.58. The van der Waals surface area contributed by atoms with Crippen molar-refractivity contribution in [1.82, 2.24) is 0 Å². The highest BCUT2D eigenvalue weighted by Gasteiger charge is 2.47. The molecule has 3 aliphatic carbocycles. The van der Waals surface area contributed by atoms with Crippen LogP contribution in [0, 0.1) is 35.7 Å². The van der Waals surface area contributed by atoms with E-state index in [1.807, 2.05) is 6.92 Å². The Morgan fingerprint density at radius 2 is 2.04 bits per heavy atom. The summed E-state index contributed by atoms with van der Waals surface area (Å²) in [5.41, 5.74) is 0.804. The van der Waals surface area contributed by atoms with E-state index in [-0.39, 0.29) is 22.2 Å². The molecular weight excluding hydrogens is 291 g/mol. The molecule has 118 valence electrons. The highest BCUT2D eigenvalue weighted by atomic mass is 19.1. The van der Waals surface area contributed by atoms with Gasteiger partial charge in [0, 0.05) is 10.8 Å². The van der Waals surface area contributed by atoms with Crippen LogP contribution in [0.2, 0.25) is 0 Å². The molecule has 0 heterocycles. The predicted molar refractivity (Wildman–Crippen MR) is 85.9 cm³/mol. The normalized spacial score (nSPS) is 28.7. The molecule has 1 aromatic carbocycles. The zero-order chi connectivity index (χ0) is 16.7. The van der Waals surface area contributed by atoms with E-state index in [4.69, 9.17) is 11.3 Å². The first-order valence-corrected chi connectivity index (χ1v) is 7.86. The maximum atomic E-state index is 14.3. The van der Waals surface area contributed by atoms with Gasteiger partial charge < -0.3 is 4.74 Å². The number of fused-ring (bicyclic) bond motifs is 2. The van der Waals surface area contributed by atoms with Crippen LogP contribution in [0.25, 0.3) is 4.85 Å². The Hall–Kier alpha value is -2.33. The summed E-state index contributed by atoms with van der Waals surface area (Å²) in [6.07, 6.45) is 5.21. The molecule has 0 spiro atoms. The Morgan fingerprint density at radius 3 is 2.61 bits per heavy atom. The molecule has 3 aliphatic rings. The summed E-state index contributed by atoms with van der Waals surface area (Å²) in [6.45, 7) is 11.4. The summed E-state index contributed by atoms with van der Waals surface area (Å²) >= 11 is 0. The van der Waals surface area contributed by atoms with Crippen molar-refractivity contribution in [2.24, 2.45) is 10.8 Å². The molecule has 23 heavy (non-hydrogen) atoms. The SMILES string of the molecule is [C-]#[N+]c1c(C)ccc(OCC23C=C(F)C(C)(CC2)CC3)c1C#N. The van der Waals surface area contributed by atoms with Crippen molar-refractivity contribution in [3.05, 3.63) is 46.6 Å². The molecule has 0 N–H and O–H groups in total. The summed E-state index contributed by atoms with van der Waals surface area (Å²) in [5, 5.41) is 9.35. The standard InChI is InChI=1S/C19H19FN2O/c1-13-4-5-15(14(11-21)17(13)22-3)23-12-19-8-6-18(2,7-9-19)16(20)10-19/h4-5,10H,6-9,12H2,1-2H3. The minimum absolute atomic E-state index is 0.0233. The second-order valence-corrected chi connectivity index (χ2v) is 7.03. The minimum Gasteiger partial charge on any atom is -0.493 e. The quantitative estimate of drug-likeness (QED) is 0.717. The Balaban J connectivity index is 1.86. The van der Waals surface area contributed by atoms with Crippen molar-refractivity contribution >= 4 is 5.69 Å². The lowest BCUT2D eigenvalue weighted by Gasteiger charge is -2.48. The van der Waals surface area contributed by atoms with Gasteiger partial charge in [-0.3, -0.25) is 0 Å². The van der Waals surface area contributed by atoms with Gasteiger partial charge >= 0.3 is 0 Å². The van der Waals surface area contributed by atoms with Crippen LogP contribution < -0.4 is 4.74 Å². The van der Waals surface area contributed by atoms with E-state index in [0.29, 0.717) is 18.0 Å². The Morgan fingerprint density at radius 1 is 1.35 bits per heavy atom. The second kappa shape index (κ2) is 5.39. The van der Waals surface area contributed by atoms with Gasteiger partial charge in [0.25, 0.3) is 0 Å². The number of aryl methyl sites for hydroxylation is 1. The molecule has 4 rings (SSSR count). The molecule has 1 aromatic rings. The van der Waals surface area contributed by atoms with Gasteiger partial charge in [0.2, 0.25) is 5.69 Å². The summed E-state index contributed by atoms with van der Waals surface area (Å²) < 4.78 is 20.2. The van der Waals surface area contributed by atoms with Gasteiger partial charge in [0.15, 0.2) is 0 Å². The molecule has 2 bridgehead atoms. The van der Waals surface area contributed by atoms with E-state index >= 15 is 0 Å². The largest absolute Gasteiger partial charge is 0.493 e. The number of nitrogens with zero attached hydrogens (tertiary/aromatic N) is 2. The first-order valence-electron chi connectivity index (χ1n) is 7.86. The second-order valence-electron chi connectivity index (χ2n) is 7.03. The molecule has 0 amide bonds. The maximum absolute atomic E-state index is 14.3. The number of nitriles is 1. The number of hydrogen-bond donors (Lipinski definition) is 0. The van der Waals surface area contributed by atoms with Gasteiger partial charge in [-0.05, 0) is 50.3 Å². The van der Waals surface area contributed by atoms with Crippen molar-refractivity contribution in [2.75, 3.05) is 6.61 Å². The lowest BCUT2D eigenvalue weighted by molar-refractivity contribution is 0.0565. The highest BCUT2D eigenvalue weighted by Crippen LogP contribution is 2.56. The lowest BCUT2D eigenvalue weighted by Crippen LogP contribution is -2.41. The van der Waals surface area contributed by atoms with E-state index in [0.717, 1.165) is 31.2 Å². The monoisotopic (exact) mass is 310 g/mol. The van der Waals surface area contributed by atoms with Crippen LogP contribution in [0.5, 0.6) is 5.75 Å². The van der Waals surface area contributed by atoms with Crippen LogP contribution in [-0.2, 0) is 0 Å². The van der Waals surface area contributed by atoms with E-state index in [1.165, 1.54) is 0 Å². The Labute approximate surface area is 136 Å². The number of allylic oxidation sites excluding steroid dienone is 1. The van der Waals surface area contributed by atoms with Crippen LogP contribution in [-0.4, -0.2) is 6.61 Å². The zero-order valence-corrected chi connectivity index (χ0v) is 13.4. The predicted octanol–water partition coefficient (Wildman–Crippen LogP) is 5.23. The summed E-state index contributed by atoms with van der Waals surface area (Å²) in [5.74, 6) is 0.399. The average Bonchev–Trinajstić information content (AvgIpc) is 2.55. The molecule has 4 heteroatoms. The van der Waals surface area contributed by atoms with E-state index < -0.39 is 0 Å². The molecule has 1 fully saturated rings. The van der Waals surface area contributed by atoms with Crippen molar-refractivity contribution in [3.63, 3.8) is 0 Å². The molecule has 0 atom stereocenters. The van der Waals surface area contributed by atoms with Gasteiger partial charge in [-0.15, -0.1) is 0 Å². The van der Waals surface area contributed by atoms with Crippen molar-refractivity contribution < 1.29 is 9.13 Å². The van der Waals surface area contributed by atoms with E-state index in [9.17, 15) is 9.65 Å². The fraction of sp³-hybridized carbons (Fsp3) is 0.474. The molecular formula is C19H19FN2O. The van der Waals surface area contributed by atoms with Gasteiger partial charge in [-0.2, -0.15) is 5.26 Å². The fourth-order valence-corrected chi connectivity index (χ4v) is 3.58. The van der Waals surface area contributed by atoms with Crippen LogP contribution in [0.3, 0.4) is 0 Å². The minimum atomic E-state index is -0.291. The molecule has 0 radical (unpaired) electrons. The lowest BCUT2D eigenvalue weighted by atomic mass is 9.58. The molecule has 1 saturated carbocycles. The number of halogens is 1. The first kappa shape index (κ1) is 15.6. The van der Waals surface area contributed by atoms with Crippen molar-refractivity contribution in [1.29, 1.82) is 5.26 Å². The van der Waals surface area contributed by atoms with Crippen LogP contribution in [0.4, 0.5) is 10.1 Å². The first-order chi connectivity index (χ1) is 10.9. The zero-order valence-electron chi connectivity index (χ0n) is 13.4. The van der Waals surface area contributed by atoms with Crippen LogP contribution >= 0.6 is 0 Å². The van der Waals surface area contributed by atoms with Crippen molar-refractivity contribution in [2.45, 2.75) is 39.5 Å². The maximum Gasteiger partial charge on any atom is 0.211 e. The summed E-state index contributed by atoms with van der Waals surface area (Å²) in [6, 6.07) is 5.59. The van der Waals surface area contributed by atoms with Crippen molar-refractivity contribution in [3.8, 4) is 11.8 Å². The molecule has 3 nitrogen and oxygen atoms in total. The molecule has 0 saturated heterocycles. The van der Waals surface area contributed by atoms with Gasteiger partial charge in [0.05, 0.1) is 19.2 Å². The number of hydrogen-bond acceptors (Lipinski definition) is 2. The average molecular weight is 310 g/mol. The van der Waals surface area contributed by atoms with Crippen LogP contribution in [0.15, 0.2) is 24.0 Å². The number of benzene rings is 1. The van der Waals surface area contributed by atoms with Crippen LogP contribution in [0.1, 0.15) is 43.7 Å². The molecule has 0 aromatic heterocycles. The van der Waals surface area contributed by atoms with E-state index in [1.54, 1.807) is 25.1 Å². The summed E-state index contributed by atoms with van der Waals surface area (Å²) in [4.78, 5) is 3.44. The third-order valence-electron chi connectivity index (χ3n) is 5.44.